The van der Waals surface area contributed by atoms with E-state index >= 15 is 0 Å². The molecule has 1 saturated heterocycles. The van der Waals surface area contributed by atoms with Crippen LogP contribution in [0.5, 0.6) is 11.5 Å². The Bertz CT molecular complexity index is 624. The van der Waals surface area contributed by atoms with Crippen LogP contribution >= 0.6 is 0 Å². The van der Waals surface area contributed by atoms with Gasteiger partial charge in [-0.15, -0.1) is 0 Å². The first-order chi connectivity index (χ1) is 10.6. The molecule has 6 nitrogen and oxygen atoms in total. The second-order valence-electron chi connectivity index (χ2n) is 5.61. The van der Waals surface area contributed by atoms with Gasteiger partial charge in [-0.05, 0) is 25.8 Å². The second kappa shape index (κ2) is 6.44. The minimum absolute atomic E-state index is 0.179. The first kappa shape index (κ1) is 15.6. The summed E-state index contributed by atoms with van der Waals surface area (Å²) in [4.78, 5) is 0. The van der Waals surface area contributed by atoms with Gasteiger partial charge < -0.3 is 14.8 Å². The highest BCUT2D eigenvalue weighted by Gasteiger charge is 2.26. The minimum Gasteiger partial charge on any atom is -0.454 e. The average Bonchev–Trinajstić information content (AvgIpc) is 3.02. The molecule has 1 N–H and O–H groups in total. The van der Waals surface area contributed by atoms with E-state index in [4.69, 9.17) is 9.47 Å². The van der Waals surface area contributed by atoms with Crippen LogP contribution < -0.4 is 14.8 Å². The first-order valence-electron chi connectivity index (χ1n) is 7.69. The highest BCUT2D eigenvalue weighted by molar-refractivity contribution is 7.89. The summed E-state index contributed by atoms with van der Waals surface area (Å²) >= 11 is 0. The van der Waals surface area contributed by atoms with Crippen LogP contribution in [0.2, 0.25) is 0 Å². The van der Waals surface area contributed by atoms with Crippen LogP contribution in [0.3, 0.4) is 0 Å². The van der Waals surface area contributed by atoms with Crippen molar-refractivity contribution in [3.63, 3.8) is 0 Å². The van der Waals surface area contributed by atoms with Crippen LogP contribution in [0, 0.1) is 0 Å². The van der Waals surface area contributed by atoms with Gasteiger partial charge in [-0.1, -0.05) is 12.1 Å². The maximum Gasteiger partial charge on any atom is 0.231 e. The van der Waals surface area contributed by atoms with Crippen LogP contribution in [-0.2, 0) is 16.6 Å². The summed E-state index contributed by atoms with van der Waals surface area (Å²) in [6.07, 6.45) is 1.68. The van der Waals surface area contributed by atoms with Crippen molar-refractivity contribution in [3.05, 3.63) is 23.8 Å². The lowest BCUT2D eigenvalue weighted by Gasteiger charge is -2.31. The van der Waals surface area contributed by atoms with Crippen molar-refractivity contribution in [2.45, 2.75) is 32.4 Å². The van der Waals surface area contributed by atoms with E-state index in [2.05, 4.69) is 5.32 Å². The fourth-order valence-corrected chi connectivity index (χ4v) is 4.04. The zero-order valence-corrected chi connectivity index (χ0v) is 13.6. The number of ether oxygens (including phenoxy) is 2. The van der Waals surface area contributed by atoms with Gasteiger partial charge in [-0.3, -0.25) is 0 Å². The normalized spacial score (nSPS) is 19.5. The van der Waals surface area contributed by atoms with Crippen molar-refractivity contribution in [2.24, 2.45) is 0 Å². The van der Waals surface area contributed by atoms with Crippen LogP contribution in [-0.4, -0.2) is 44.4 Å². The number of sulfonamides is 1. The highest BCUT2D eigenvalue weighted by Crippen LogP contribution is 2.35. The zero-order valence-electron chi connectivity index (χ0n) is 12.7. The molecule has 22 heavy (non-hydrogen) atoms. The van der Waals surface area contributed by atoms with Crippen LogP contribution in [0.1, 0.15) is 25.3 Å². The van der Waals surface area contributed by atoms with Gasteiger partial charge in [0.05, 0.1) is 5.75 Å². The molecule has 1 aromatic carbocycles. The van der Waals surface area contributed by atoms with Gasteiger partial charge in [-0.25, -0.2) is 12.7 Å². The van der Waals surface area contributed by atoms with Crippen molar-refractivity contribution in [1.82, 2.24) is 9.62 Å². The Morgan fingerprint density at radius 2 is 2.05 bits per heavy atom. The number of nitrogens with zero attached hydrogens (tertiary/aromatic N) is 1. The third kappa shape index (κ3) is 3.21. The molecule has 7 heteroatoms. The summed E-state index contributed by atoms with van der Waals surface area (Å²) in [5.74, 6) is 1.79. The molecule has 1 aromatic rings. The molecule has 3 rings (SSSR count). The fourth-order valence-electron chi connectivity index (χ4n) is 2.90. The van der Waals surface area contributed by atoms with Crippen molar-refractivity contribution >= 4 is 10.0 Å². The molecule has 0 saturated carbocycles. The van der Waals surface area contributed by atoms with Gasteiger partial charge in [0.1, 0.15) is 0 Å². The molecule has 1 fully saturated rings. The van der Waals surface area contributed by atoms with Crippen LogP contribution in [0.15, 0.2) is 18.2 Å². The lowest BCUT2D eigenvalue weighted by atomic mass is 10.1. The lowest BCUT2D eigenvalue weighted by molar-refractivity contribution is 0.173. The number of hydrogen-bond donors (Lipinski definition) is 1. The molecular formula is C15H22N2O4S. The van der Waals surface area contributed by atoms with Crippen LogP contribution in [0.4, 0.5) is 0 Å². The predicted molar refractivity (Wildman–Crippen MR) is 83.5 cm³/mol. The molecule has 2 heterocycles. The quantitative estimate of drug-likeness (QED) is 0.884. The second-order valence-corrected chi connectivity index (χ2v) is 7.86. The number of piperidine rings is 1. The summed E-state index contributed by atoms with van der Waals surface area (Å²) in [6, 6.07) is 6.22. The molecule has 0 bridgehead atoms. The summed E-state index contributed by atoms with van der Waals surface area (Å²) in [5.41, 5.74) is 1.08. The van der Waals surface area contributed by atoms with Gasteiger partial charge in [0.15, 0.2) is 11.5 Å². The van der Waals surface area contributed by atoms with E-state index in [0.29, 0.717) is 25.7 Å². The van der Waals surface area contributed by atoms with Gasteiger partial charge in [0.25, 0.3) is 0 Å². The van der Waals surface area contributed by atoms with Crippen LogP contribution in [0.25, 0.3) is 0 Å². The summed E-state index contributed by atoms with van der Waals surface area (Å²) in [7, 11) is -3.05. The predicted octanol–water partition coefficient (Wildman–Crippen LogP) is 1.32. The van der Waals surface area contributed by atoms with E-state index < -0.39 is 10.0 Å². The van der Waals surface area contributed by atoms with Gasteiger partial charge >= 0.3 is 0 Å². The Kier molecular flexibility index (Phi) is 4.56. The summed E-state index contributed by atoms with van der Waals surface area (Å²) in [6.45, 7) is 3.87. The van der Waals surface area contributed by atoms with E-state index in [1.54, 1.807) is 11.2 Å². The highest BCUT2D eigenvalue weighted by atomic mass is 32.2. The Morgan fingerprint density at radius 1 is 1.27 bits per heavy atom. The molecular weight excluding hydrogens is 304 g/mol. The number of para-hydroxylation sites is 1. The maximum atomic E-state index is 11.8. The Labute approximate surface area is 131 Å². The summed E-state index contributed by atoms with van der Waals surface area (Å²) < 4.78 is 36.2. The standard InChI is InChI=1S/C15H22N2O4S/c1-2-22(18,19)17-8-6-13(7-9-17)16-10-12-4-3-5-14-15(12)21-11-20-14/h3-5,13,16H,2,6-11H2,1H3. The Morgan fingerprint density at radius 3 is 2.77 bits per heavy atom. The zero-order chi connectivity index (χ0) is 15.6. The van der Waals surface area contributed by atoms with Gasteiger partial charge in [0, 0.05) is 31.2 Å². The molecule has 0 amide bonds. The molecule has 122 valence electrons. The smallest absolute Gasteiger partial charge is 0.231 e. The molecule has 0 radical (unpaired) electrons. The third-order valence-corrected chi connectivity index (χ3v) is 6.15. The number of nitrogens with one attached hydrogen (secondary N) is 1. The van der Waals surface area contributed by atoms with E-state index in [1.165, 1.54) is 0 Å². The van der Waals surface area contributed by atoms with Crippen molar-refractivity contribution in [1.29, 1.82) is 0 Å². The molecule has 2 aliphatic heterocycles. The van der Waals surface area contributed by atoms with Gasteiger partial charge in [-0.2, -0.15) is 0 Å². The van der Waals surface area contributed by atoms with Gasteiger partial charge in [0.2, 0.25) is 16.8 Å². The maximum absolute atomic E-state index is 11.8. The SMILES string of the molecule is CCS(=O)(=O)N1CCC(NCc2cccc3c2OCO3)CC1. The van der Waals surface area contributed by atoms with E-state index in [0.717, 1.165) is 29.9 Å². The Balaban J connectivity index is 1.53. The topological polar surface area (TPSA) is 67.9 Å². The number of rotatable bonds is 5. The minimum atomic E-state index is -3.05. The summed E-state index contributed by atoms with van der Waals surface area (Å²) in [5, 5.41) is 3.50. The molecule has 0 unspecified atom stereocenters. The lowest BCUT2D eigenvalue weighted by Crippen LogP contribution is -2.45. The third-order valence-electron chi connectivity index (χ3n) is 4.27. The largest absolute Gasteiger partial charge is 0.454 e. The number of hydrogen-bond acceptors (Lipinski definition) is 5. The molecule has 2 aliphatic rings. The fraction of sp³-hybridized carbons (Fsp3) is 0.600. The van der Waals surface area contributed by atoms with E-state index in [-0.39, 0.29) is 12.5 Å². The molecule has 0 spiro atoms. The number of benzene rings is 1. The van der Waals surface area contributed by atoms with E-state index in [1.807, 2.05) is 18.2 Å². The molecule has 0 aliphatic carbocycles. The van der Waals surface area contributed by atoms with Crippen molar-refractivity contribution in [2.75, 3.05) is 25.6 Å². The van der Waals surface area contributed by atoms with Crippen molar-refractivity contribution < 1.29 is 17.9 Å². The molecule has 0 atom stereocenters. The molecule has 0 aromatic heterocycles. The van der Waals surface area contributed by atoms with Crippen molar-refractivity contribution in [3.8, 4) is 11.5 Å². The Hall–Kier alpha value is -1.31. The van der Waals surface area contributed by atoms with E-state index in [9.17, 15) is 8.42 Å². The average molecular weight is 326 g/mol. The number of fused-ring (bicyclic) bond motifs is 1. The monoisotopic (exact) mass is 326 g/mol. The first-order valence-corrected chi connectivity index (χ1v) is 9.30.